The average molecular weight is 556 g/mol. The van der Waals surface area contributed by atoms with E-state index < -0.39 is 64.4 Å². The summed E-state index contributed by atoms with van der Waals surface area (Å²) in [7, 11) is 6.60. The molecule has 0 spiro atoms. The smallest absolute Gasteiger partial charge is 0.235 e. The Morgan fingerprint density at radius 2 is 1.82 bits per heavy atom. The normalized spacial score (nSPS) is 32.0. The Bertz CT molecular complexity index is 1300. The van der Waals surface area contributed by atoms with Gasteiger partial charge in [-0.15, -0.1) is 0 Å². The number of nitrogens with two attached hydrogens (primary N) is 1. The van der Waals surface area contributed by atoms with E-state index in [0.717, 1.165) is 6.54 Å². The molecule has 3 saturated carbocycles. The Kier molecular flexibility index (Phi) is 7.12. The molecule has 4 aliphatic rings. The minimum Gasteiger partial charge on any atom is -0.507 e. The Morgan fingerprint density at radius 1 is 1.15 bits per heavy atom. The summed E-state index contributed by atoms with van der Waals surface area (Å²) in [6, 6.07) is 0.344. The van der Waals surface area contributed by atoms with Crippen LogP contribution in [0.3, 0.4) is 0 Å². The van der Waals surface area contributed by atoms with E-state index in [4.69, 9.17) is 10.5 Å². The lowest BCUT2D eigenvalue weighted by Gasteiger charge is -2.52. The van der Waals surface area contributed by atoms with Gasteiger partial charge in [0, 0.05) is 30.1 Å². The van der Waals surface area contributed by atoms with E-state index in [9.17, 15) is 34.2 Å². The second-order valence-corrected chi connectivity index (χ2v) is 12.2. The van der Waals surface area contributed by atoms with Gasteiger partial charge in [0.15, 0.2) is 34.7 Å². The summed E-state index contributed by atoms with van der Waals surface area (Å²) in [5.74, 6) is -9.49. The van der Waals surface area contributed by atoms with Crippen LogP contribution in [0.2, 0.25) is 0 Å². The van der Waals surface area contributed by atoms with E-state index in [2.05, 4.69) is 4.90 Å². The van der Waals surface area contributed by atoms with Crippen LogP contribution < -0.4 is 10.5 Å². The molecule has 216 valence electrons. The molecule has 11 nitrogen and oxygen atoms in total. The number of hydrogen-bond donors (Lipinski definition) is 3. The molecule has 1 aromatic carbocycles. The van der Waals surface area contributed by atoms with Gasteiger partial charge in [-0.1, -0.05) is 6.42 Å². The van der Waals surface area contributed by atoms with Gasteiger partial charge in [0.05, 0.1) is 24.6 Å². The number of methoxy groups -OCH3 is 1. The molecule has 0 heterocycles. The number of fused-ring (bicyclic) bond motifs is 3. The standard InChI is InChI=1S/C29H37N3O8/c1-31(2)22-17-9-14-8-16-20(18(33)10-15(25(16)40-4)12-32(3)11-13-6-5-7-13)23(34)19(14)26(36)29(17,39)27(37)21(24(22)35)28(30)38/h10,13-14,17,19,21-22,33,39H,5-9,11-12H2,1-4H3,(H2,30,38)/t14-,17-,19?,21?,22-,29-/m0/s1. The number of nitrogens with zero attached hydrogens (tertiary/aromatic N) is 2. The third-order valence-corrected chi connectivity index (χ3v) is 9.53. The molecule has 0 aliphatic heterocycles. The monoisotopic (exact) mass is 555 g/mol. The molecule has 3 fully saturated rings. The van der Waals surface area contributed by atoms with Gasteiger partial charge in [0.25, 0.3) is 0 Å². The second-order valence-electron chi connectivity index (χ2n) is 12.2. The van der Waals surface area contributed by atoms with Gasteiger partial charge >= 0.3 is 0 Å². The van der Waals surface area contributed by atoms with Crippen molar-refractivity contribution < 1.29 is 38.9 Å². The van der Waals surface area contributed by atoms with Gasteiger partial charge in [0.1, 0.15) is 11.5 Å². The zero-order valence-corrected chi connectivity index (χ0v) is 23.3. The number of aliphatic hydroxyl groups is 1. The van der Waals surface area contributed by atoms with E-state index in [0.29, 0.717) is 29.3 Å². The topological polar surface area (TPSA) is 168 Å². The van der Waals surface area contributed by atoms with Crippen molar-refractivity contribution in [2.24, 2.45) is 35.3 Å². The predicted octanol–water partition coefficient (Wildman–Crippen LogP) is 0.108. The fraction of sp³-hybridized carbons (Fsp3) is 0.621. The fourth-order valence-electron chi connectivity index (χ4n) is 7.56. The Hall–Kier alpha value is -3.15. The van der Waals surface area contributed by atoms with Crippen molar-refractivity contribution in [1.29, 1.82) is 0 Å². The van der Waals surface area contributed by atoms with Crippen molar-refractivity contribution in [2.45, 2.75) is 50.3 Å². The molecule has 4 aliphatic carbocycles. The summed E-state index contributed by atoms with van der Waals surface area (Å²) < 4.78 is 5.77. The lowest BCUT2D eigenvalue weighted by atomic mass is 9.52. The zero-order chi connectivity index (χ0) is 29.3. The molecule has 5 rings (SSSR count). The van der Waals surface area contributed by atoms with Crippen LogP contribution in [0, 0.1) is 29.6 Å². The molecule has 0 radical (unpaired) electrons. The Morgan fingerprint density at radius 3 is 2.38 bits per heavy atom. The van der Waals surface area contributed by atoms with E-state index in [1.165, 1.54) is 37.3 Å². The highest BCUT2D eigenvalue weighted by atomic mass is 16.5. The number of carbonyl (C=O) groups excluding carboxylic acids is 5. The molecule has 11 heteroatoms. The minimum atomic E-state index is -2.74. The molecule has 4 N–H and O–H groups in total. The summed E-state index contributed by atoms with van der Waals surface area (Å²) in [6.45, 7) is 1.39. The van der Waals surface area contributed by atoms with Crippen LogP contribution in [0.1, 0.15) is 47.2 Å². The lowest BCUT2D eigenvalue weighted by Crippen LogP contribution is -2.74. The Balaban J connectivity index is 1.55. The molecule has 2 unspecified atom stereocenters. The minimum absolute atomic E-state index is 0.000375. The van der Waals surface area contributed by atoms with Gasteiger partial charge in [-0.2, -0.15) is 0 Å². The van der Waals surface area contributed by atoms with E-state index in [1.54, 1.807) is 14.1 Å². The molecular formula is C29H37N3O8. The largest absolute Gasteiger partial charge is 0.507 e. The number of primary amides is 1. The Labute approximate surface area is 232 Å². The first-order valence-corrected chi connectivity index (χ1v) is 13.8. The number of ketones is 4. The quantitative estimate of drug-likeness (QED) is 0.393. The highest BCUT2D eigenvalue weighted by molar-refractivity contribution is 6.32. The molecule has 1 amide bonds. The number of aromatic hydroxyl groups is 1. The number of rotatable bonds is 7. The van der Waals surface area contributed by atoms with Crippen LogP contribution in [0.5, 0.6) is 11.5 Å². The number of phenolic OH excluding ortho intramolecular Hbond substituents is 1. The summed E-state index contributed by atoms with van der Waals surface area (Å²) >= 11 is 0. The third-order valence-electron chi connectivity index (χ3n) is 9.53. The van der Waals surface area contributed by atoms with Gasteiger partial charge in [-0.3, -0.25) is 28.9 Å². The SMILES string of the molecule is COc1c(CN(C)CC2CCC2)cc(O)c2c1C[C@H]1C[C@H]3[C@H](N(C)C)C(=O)C(C(N)=O)C(=O)[C@@]3(O)C(=O)C1C2=O. The summed E-state index contributed by atoms with van der Waals surface area (Å²) in [6.07, 6.45) is 3.78. The van der Waals surface area contributed by atoms with Gasteiger partial charge in [-0.25, -0.2) is 0 Å². The number of Topliss-reactive ketones (excluding diaryl/α,β-unsaturated/α-hetero) is 4. The highest BCUT2D eigenvalue weighted by Gasteiger charge is 2.69. The number of benzene rings is 1. The number of ether oxygens (including phenoxy) is 1. The first-order chi connectivity index (χ1) is 18.8. The lowest BCUT2D eigenvalue weighted by molar-refractivity contribution is -0.181. The van der Waals surface area contributed by atoms with Gasteiger partial charge in [-0.05, 0) is 64.7 Å². The second kappa shape index (κ2) is 10.0. The van der Waals surface area contributed by atoms with E-state index in [-0.39, 0.29) is 24.2 Å². The fourth-order valence-corrected chi connectivity index (χ4v) is 7.56. The number of likely N-dealkylation sites (N-methyl/N-ethyl adjacent to an activating group) is 1. The van der Waals surface area contributed by atoms with Crippen LogP contribution in [0.15, 0.2) is 6.07 Å². The average Bonchev–Trinajstić information content (AvgIpc) is 2.83. The molecule has 6 atom stereocenters. The maximum atomic E-state index is 13.9. The van der Waals surface area contributed by atoms with Crippen molar-refractivity contribution in [2.75, 3.05) is 34.8 Å². The van der Waals surface area contributed by atoms with Crippen molar-refractivity contribution in [3.05, 3.63) is 22.8 Å². The van der Waals surface area contributed by atoms with E-state index in [1.807, 2.05) is 7.05 Å². The highest BCUT2D eigenvalue weighted by Crippen LogP contribution is 2.52. The zero-order valence-electron chi connectivity index (χ0n) is 23.3. The van der Waals surface area contributed by atoms with E-state index >= 15 is 0 Å². The van der Waals surface area contributed by atoms with Crippen molar-refractivity contribution in [3.63, 3.8) is 0 Å². The maximum absolute atomic E-state index is 13.9. The molecule has 0 bridgehead atoms. The van der Waals surface area contributed by atoms with Crippen LogP contribution >= 0.6 is 0 Å². The molecule has 0 saturated heterocycles. The summed E-state index contributed by atoms with van der Waals surface area (Å²) in [5, 5.41) is 22.7. The molecule has 1 aromatic rings. The van der Waals surface area contributed by atoms with Crippen LogP contribution in [-0.2, 0) is 32.1 Å². The number of amides is 1. The molecule has 0 aromatic heterocycles. The third kappa shape index (κ3) is 4.09. The number of carbonyl (C=O) groups is 5. The van der Waals surface area contributed by atoms with Crippen molar-refractivity contribution in [3.8, 4) is 11.5 Å². The summed E-state index contributed by atoms with van der Waals surface area (Å²) in [5.41, 5.74) is 3.75. The summed E-state index contributed by atoms with van der Waals surface area (Å²) in [4.78, 5) is 70.1. The predicted molar refractivity (Wildman–Crippen MR) is 142 cm³/mol. The van der Waals surface area contributed by atoms with Gasteiger partial charge < -0.3 is 25.6 Å². The van der Waals surface area contributed by atoms with Gasteiger partial charge in [0.2, 0.25) is 5.91 Å². The first-order valence-electron chi connectivity index (χ1n) is 13.8. The molecule has 40 heavy (non-hydrogen) atoms. The number of phenols is 1. The molecular weight excluding hydrogens is 518 g/mol. The number of hydrogen-bond acceptors (Lipinski definition) is 10. The van der Waals surface area contributed by atoms with Crippen LogP contribution in [0.25, 0.3) is 0 Å². The van der Waals surface area contributed by atoms with Crippen LogP contribution in [-0.4, -0.2) is 95.5 Å². The van der Waals surface area contributed by atoms with Crippen molar-refractivity contribution in [1.82, 2.24) is 9.80 Å². The van der Waals surface area contributed by atoms with Crippen LogP contribution in [0.4, 0.5) is 0 Å². The first kappa shape index (κ1) is 28.4. The van der Waals surface area contributed by atoms with Crippen molar-refractivity contribution >= 4 is 29.0 Å². The maximum Gasteiger partial charge on any atom is 0.235 e.